The van der Waals surface area contributed by atoms with Gasteiger partial charge in [0.05, 0.1) is 0 Å². The van der Waals surface area contributed by atoms with E-state index in [1.54, 1.807) is 4.90 Å². The zero-order chi connectivity index (χ0) is 14.0. The summed E-state index contributed by atoms with van der Waals surface area (Å²) in [5.41, 5.74) is 0. The minimum Gasteiger partial charge on any atom is -0.480 e. The van der Waals surface area contributed by atoms with Gasteiger partial charge < -0.3 is 15.3 Å². The molecule has 4 atom stereocenters. The van der Waals surface area contributed by atoms with Crippen molar-refractivity contribution in [2.75, 3.05) is 13.1 Å². The van der Waals surface area contributed by atoms with Gasteiger partial charge in [0.15, 0.2) is 0 Å². The second-order valence-electron chi connectivity index (χ2n) is 5.85. The zero-order valence-corrected chi connectivity index (χ0v) is 11.8. The van der Waals surface area contributed by atoms with Crippen molar-refractivity contribution in [3.05, 3.63) is 0 Å². The van der Waals surface area contributed by atoms with Gasteiger partial charge in [0.25, 0.3) is 0 Å². The molecule has 1 saturated carbocycles. The normalized spacial score (nSPS) is 31.3. The lowest BCUT2D eigenvalue weighted by Crippen LogP contribution is -2.45. The number of likely N-dealkylation sites (tertiary alicyclic amines) is 1. The van der Waals surface area contributed by atoms with E-state index in [2.05, 4.69) is 5.32 Å². The molecule has 1 aliphatic carbocycles. The van der Waals surface area contributed by atoms with Crippen LogP contribution < -0.4 is 5.32 Å². The SMILES string of the molecule is CCNC(C)CC(=O)N1CC2CCCC2C1C(=O)O. The highest BCUT2D eigenvalue weighted by atomic mass is 16.4. The maximum Gasteiger partial charge on any atom is 0.326 e. The first-order valence-electron chi connectivity index (χ1n) is 7.30. The highest BCUT2D eigenvalue weighted by Crippen LogP contribution is 2.42. The number of nitrogens with one attached hydrogen (secondary N) is 1. The van der Waals surface area contributed by atoms with Crippen molar-refractivity contribution in [2.24, 2.45) is 11.8 Å². The number of carbonyl (C=O) groups is 2. The van der Waals surface area contributed by atoms with Crippen LogP contribution in [-0.4, -0.2) is 47.1 Å². The van der Waals surface area contributed by atoms with Crippen LogP contribution in [0, 0.1) is 11.8 Å². The number of carboxylic acid groups (broad SMARTS) is 1. The molecule has 0 aromatic heterocycles. The van der Waals surface area contributed by atoms with Crippen molar-refractivity contribution in [3.8, 4) is 0 Å². The predicted octanol–water partition coefficient (Wildman–Crippen LogP) is 1.09. The Labute approximate surface area is 114 Å². The number of amides is 1. The van der Waals surface area contributed by atoms with Gasteiger partial charge in [0.1, 0.15) is 6.04 Å². The van der Waals surface area contributed by atoms with Crippen molar-refractivity contribution in [1.82, 2.24) is 10.2 Å². The summed E-state index contributed by atoms with van der Waals surface area (Å²) >= 11 is 0. The molecule has 2 N–H and O–H groups in total. The monoisotopic (exact) mass is 268 g/mol. The van der Waals surface area contributed by atoms with E-state index in [1.807, 2.05) is 13.8 Å². The van der Waals surface area contributed by atoms with Gasteiger partial charge in [0, 0.05) is 19.0 Å². The van der Waals surface area contributed by atoms with Crippen LogP contribution in [0.3, 0.4) is 0 Å². The van der Waals surface area contributed by atoms with E-state index in [-0.39, 0.29) is 17.9 Å². The van der Waals surface area contributed by atoms with Crippen LogP contribution in [0.5, 0.6) is 0 Å². The lowest BCUT2D eigenvalue weighted by molar-refractivity contribution is -0.149. The van der Waals surface area contributed by atoms with Crippen LogP contribution in [0.25, 0.3) is 0 Å². The van der Waals surface area contributed by atoms with Crippen molar-refractivity contribution in [2.45, 2.75) is 51.6 Å². The molecule has 5 nitrogen and oxygen atoms in total. The molecule has 2 fully saturated rings. The van der Waals surface area contributed by atoms with Crippen molar-refractivity contribution >= 4 is 11.9 Å². The van der Waals surface area contributed by atoms with Crippen molar-refractivity contribution in [1.29, 1.82) is 0 Å². The zero-order valence-electron chi connectivity index (χ0n) is 11.8. The van der Waals surface area contributed by atoms with E-state index in [9.17, 15) is 14.7 Å². The fourth-order valence-corrected chi connectivity index (χ4v) is 3.68. The van der Waals surface area contributed by atoms with E-state index in [4.69, 9.17) is 0 Å². The molecule has 2 aliphatic rings. The molecule has 108 valence electrons. The number of aliphatic carboxylic acids is 1. The topological polar surface area (TPSA) is 69.6 Å². The number of rotatable bonds is 5. The fraction of sp³-hybridized carbons (Fsp3) is 0.857. The Kier molecular flexibility index (Phi) is 4.45. The van der Waals surface area contributed by atoms with Crippen LogP contribution in [-0.2, 0) is 9.59 Å². The fourth-order valence-electron chi connectivity index (χ4n) is 3.68. The summed E-state index contributed by atoms with van der Waals surface area (Å²) < 4.78 is 0. The van der Waals surface area contributed by atoms with Crippen LogP contribution in [0.15, 0.2) is 0 Å². The molecule has 1 aliphatic heterocycles. The molecule has 19 heavy (non-hydrogen) atoms. The molecule has 4 unspecified atom stereocenters. The summed E-state index contributed by atoms with van der Waals surface area (Å²) in [5.74, 6) is -0.274. The number of carboxylic acids is 1. The maximum atomic E-state index is 12.3. The Balaban J connectivity index is 2.02. The number of hydrogen-bond donors (Lipinski definition) is 2. The minimum absolute atomic E-state index is 0.0183. The Morgan fingerprint density at radius 1 is 1.42 bits per heavy atom. The molecular weight excluding hydrogens is 244 g/mol. The molecule has 0 bridgehead atoms. The van der Waals surface area contributed by atoms with E-state index in [0.717, 1.165) is 25.8 Å². The minimum atomic E-state index is -0.834. The number of hydrogen-bond acceptors (Lipinski definition) is 3. The largest absolute Gasteiger partial charge is 0.480 e. The lowest BCUT2D eigenvalue weighted by Gasteiger charge is -2.25. The number of fused-ring (bicyclic) bond motifs is 1. The highest BCUT2D eigenvalue weighted by molar-refractivity contribution is 5.85. The first-order valence-corrected chi connectivity index (χ1v) is 7.30. The molecule has 2 rings (SSSR count). The van der Waals surface area contributed by atoms with Gasteiger partial charge in [-0.3, -0.25) is 4.79 Å². The third-order valence-corrected chi connectivity index (χ3v) is 4.50. The first-order chi connectivity index (χ1) is 9.04. The van der Waals surface area contributed by atoms with Gasteiger partial charge >= 0.3 is 5.97 Å². The molecule has 1 amide bonds. The Hall–Kier alpha value is -1.10. The van der Waals surface area contributed by atoms with E-state index in [1.165, 1.54) is 0 Å². The number of nitrogens with zero attached hydrogens (tertiary/aromatic N) is 1. The molecule has 1 saturated heterocycles. The summed E-state index contributed by atoms with van der Waals surface area (Å²) in [7, 11) is 0. The average molecular weight is 268 g/mol. The van der Waals surface area contributed by atoms with Crippen LogP contribution in [0.1, 0.15) is 39.5 Å². The molecule has 0 spiro atoms. The van der Waals surface area contributed by atoms with Crippen LogP contribution in [0.4, 0.5) is 0 Å². The molecule has 0 aromatic rings. The van der Waals surface area contributed by atoms with Gasteiger partial charge in [-0.25, -0.2) is 4.79 Å². The third-order valence-electron chi connectivity index (χ3n) is 4.50. The summed E-state index contributed by atoms with van der Waals surface area (Å²) in [6.07, 6.45) is 3.52. The van der Waals surface area contributed by atoms with E-state index >= 15 is 0 Å². The summed E-state index contributed by atoms with van der Waals surface area (Å²) in [6, 6.07) is -0.485. The van der Waals surface area contributed by atoms with E-state index < -0.39 is 12.0 Å². The molecule has 1 heterocycles. The van der Waals surface area contributed by atoms with Gasteiger partial charge in [-0.2, -0.15) is 0 Å². The van der Waals surface area contributed by atoms with E-state index in [0.29, 0.717) is 18.9 Å². The lowest BCUT2D eigenvalue weighted by atomic mass is 9.94. The average Bonchev–Trinajstić information content (AvgIpc) is 2.86. The molecular formula is C14H24N2O3. The van der Waals surface area contributed by atoms with Crippen molar-refractivity contribution < 1.29 is 14.7 Å². The maximum absolute atomic E-state index is 12.3. The highest BCUT2D eigenvalue weighted by Gasteiger charge is 2.49. The predicted molar refractivity (Wildman–Crippen MR) is 71.7 cm³/mol. The summed E-state index contributed by atoms with van der Waals surface area (Å²) in [5, 5.41) is 12.6. The van der Waals surface area contributed by atoms with Crippen LogP contribution >= 0.6 is 0 Å². The molecule has 0 aromatic carbocycles. The number of carbonyl (C=O) groups excluding carboxylic acids is 1. The molecule has 5 heteroatoms. The third kappa shape index (κ3) is 2.91. The summed E-state index contributed by atoms with van der Waals surface area (Å²) in [4.78, 5) is 25.4. The second kappa shape index (κ2) is 5.90. The quantitative estimate of drug-likeness (QED) is 0.783. The van der Waals surface area contributed by atoms with Crippen molar-refractivity contribution in [3.63, 3.8) is 0 Å². The Morgan fingerprint density at radius 2 is 2.16 bits per heavy atom. The van der Waals surface area contributed by atoms with Gasteiger partial charge in [-0.1, -0.05) is 13.3 Å². The Morgan fingerprint density at radius 3 is 2.79 bits per heavy atom. The Bertz CT molecular complexity index is 359. The first kappa shape index (κ1) is 14.3. The molecule has 0 radical (unpaired) electrons. The van der Waals surface area contributed by atoms with Gasteiger partial charge in [-0.15, -0.1) is 0 Å². The van der Waals surface area contributed by atoms with Crippen LogP contribution in [0.2, 0.25) is 0 Å². The van der Waals surface area contributed by atoms with Gasteiger partial charge in [-0.05, 0) is 38.1 Å². The second-order valence-corrected chi connectivity index (χ2v) is 5.85. The summed E-state index contributed by atoms with van der Waals surface area (Å²) in [6.45, 7) is 5.43. The smallest absolute Gasteiger partial charge is 0.326 e. The standard InChI is InChI=1S/C14H24N2O3/c1-3-15-9(2)7-12(17)16-8-10-5-4-6-11(10)13(16)14(18)19/h9-11,13,15H,3-8H2,1-2H3,(H,18,19). The van der Waals surface area contributed by atoms with Gasteiger partial charge in [0.2, 0.25) is 5.91 Å².